The van der Waals surface area contributed by atoms with E-state index in [2.05, 4.69) is 5.32 Å². The van der Waals surface area contributed by atoms with Crippen molar-refractivity contribution in [1.29, 1.82) is 0 Å². The number of rotatable bonds is 5. The van der Waals surface area contributed by atoms with Crippen LogP contribution in [0.3, 0.4) is 0 Å². The van der Waals surface area contributed by atoms with Crippen molar-refractivity contribution in [2.24, 2.45) is 0 Å². The fraction of sp³-hybridized carbons (Fsp3) is 0.312. The molecule has 0 saturated heterocycles. The summed E-state index contributed by atoms with van der Waals surface area (Å²) in [6, 6.07) is 9.20. The fourth-order valence-corrected chi connectivity index (χ4v) is 2.20. The molecule has 0 aromatic heterocycles. The SMILES string of the molecule is CCOC(=O)C1(C(=O)NCc2ccccc2)OC(=O)C=C1C. The van der Waals surface area contributed by atoms with E-state index in [1.54, 1.807) is 6.92 Å². The minimum absolute atomic E-state index is 0.0807. The molecule has 1 unspecified atom stereocenters. The van der Waals surface area contributed by atoms with Gasteiger partial charge in [0.05, 0.1) is 6.61 Å². The molecule has 6 nitrogen and oxygen atoms in total. The summed E-state index contributed by atoms with van der Waals surface area (Å²) in [6.45, 7) is 3.40. The highest BCUT2D eigenvalue weighted by Gasteiger charge is 2.56. The summed E-state index contributed by atoms with van der Waals surface area (Å²) >= 11 is 0. The Hall–Kier alpha value is -2.63. The Morgan fingerprint density at radius 3 is 2.50 bits per heavy atom. The molecular formula is C16H17NO5. The monoisotopic (exact) mass is 303 g/mol. The van der Waals surface area contributed by atoms with Gasteiger partial charge in [-0.2, -0.15) is 0 Å². The molecule has 6 heteroatoms. The van der Waals surface area contributed by atoms with Crippen LogP contribution in [0.1, 0.15) is 19.4 Å². The Bertz CT molecular complexity index is 623. The van der Waals surface area contributed by atoms with Gasteiger partial charge in [-0.05, 0) is 25.0 Å². The summed E-state index contributed by atoms with van der Waals surface area (Å²) in [6.07, 6.45) is 1.12. The molecule has 116 valence electrons. The number of esters is 2. The predicted molar refractivity (Wildman–Crippen MR) is 77.5 cm³/mol. The van der Waals surface area contributed by atoms with Gasteiger partial charge in [-0.1, -0.05) is 30.3 Å². The topological polar surface area (TPSA) is 81.7 Å². The zero-order chi connectivity index (χ0) is 16.2. The van der Waals surface area contributed by atoms with E-state index in [1.807, 2.05) is 30.3 Å². The zero-order valence-corrected chi connectivity index (χ0v) is 12.4. The molecule has 1 aromatic carbocycles. The van der Waals surface area contributed by atoms with Crippen molar-refractivity contribution in [2.45, 2.75) is 26.0 Å². The number of nitrogens with one attached hydrogen (secondary N) is 1. The van der Waals surface area contributed by atoms with Gasteiger partial charge in [0.25, 0.3) is 5.91 Å². The average molecular weight is 303 g/mol. The lowest BCUT2D eigenvalue weighted by Crippen LogP contribution is -2.54. The molecule has 0 radical (unpaired) electrons. The van der Waals surface area contributed by atoms with Crippen molar-refractivity contribution < 1.29 is 23.9 Å². The van der Waals surface area contributed by atoms with Gasteiger partial charge in [-0.3, -0.25) is 4.79 Å². The molecule has 1 aliphatic rings. The quantitative estimate of drug-likeness (QED) is 0.651. The van der Waals surface area contributed by atoms with Crippen molar-refractivity contribution >= 4 is 17.8 Å². The minimum Gasteiger partial charge on any atom is -0.462 e. The highest BCUT2D eigenvalue weighted by Crippen LogP contribution is 2.30. The van der Waals surface area contributed by atoms with E-state index in [0.717, 1.165) is 11.6 Å². The van der Waals surface area contributed by atoms with Gasteiger partial charge >= 0.3 is 17.5 Å². The Balaban J connectivity index is 2.19. The average Bonchev–Trinajstić information content (AvgIpc) is 2.81. The minimum atomic E-state index is -2.03. The highest BCUT2D eigenvalue weighted by molar-refractivity contribution is 6.14. The number of hydrogen-bond donors (Lipinski definition) is 1. The number of amides is 1. The third kappa shape index (κ3) is 2.86. The van der Waals surface area contributed by atoms with Gasteiger partial charge in [0.2, 0.25) is 0 Å². The maximum absolute atomic E-state index is 12.5. The molecule has 0 saturated carbocycles. The van der Waals surface area contributed by atoms with Gasteiger partial charge in [0, 0.05) is 12.6 Å². The lowest BCUT2D eigenvalue weighted by molar-refractivity contribution is -0.176. The first-order valence-electron chi connectivity index (χ1n) is 6.92. The van der Waals surface area contributed by atoms with Crippen LogP contribution in [0.2, 0.25) is 0 Å². The Morgan fingerprint density at radius 2 is 1.95 bits per heavy atom. The second-order valence-electron chi connectivity index (χ2n) is 4.82. The number of ether oxygens (including phenoxy) is 2. The van der Waals surface area contributed by atoms with Crippen LogP contribution >= 0.6 is 0 Å². The van der Waals surface area contributed by atoms with Crippen LogP contribution in [0.25, 0.3) is 0 Å². The summed E-state index contributed by atoms with van der Waals surface area (Å²) in [5.41, 5.74) is -0.954. The van der Waals surface area contributed by atoms with Crippen LogP contribution in [0, 0.1) is 0 Å². The smallest absolute Gasteiger partial charge is 0.365 e. The first-order valence-corrected chi connectivity index (χ1v) is 6.92. The Morgan fingerprint density at radius 1 is 1.27 bits per heavy atom. The number of carbonyl (C=O) groups is 3. The standard InChI is InChI=1S/C16H17NO5/c1-3-21-15(20)16(11(2)9-13(18)22-16)14(19)17-10-12-7-5-4-6-8-12/h4-9H,3,10H2,1-2H3,(H,17,19). The van der Waals surface area contributed by atoms with Gasteiger partial charge in [0.1, 0.15) is 0 Å². The molecule has 1 aliphatic heterocycles. The second-order valence-corrected chi connectivity index (χ2v) is 4.82. The van der Waals surface area contributed by atoms with Gasteiger partial charge in [-0.25, -0.2) is 9.59 Å². The highest BCUT2D eigenvalue weighted by atomic mass is 16.6. The first kappa shape index (κ1) is 15.8. The first-order chi connectivity index (χ1) is 10.5. The Labute approximate surface area is 128 Å². The third-order valence-electron chi connectivity index (χ3n) is 3.32. The number of cyclic esters (lactones) is 1. The van der Waals surface area contributed by atoms with Crippen LogP contribution in [0.5, 0.6) is 0 Å². The van der Waals surface area contributed by atoms with Crippen LogP contribution in [-0.2, 0) is 30.4 Å². The van der Waals surface area contributed by atoms with Crippen molar-refractivity contribution in [2.75, 3.05) is 6.61 Å². The van der Waals surface area contributed by atoms with E-state index in [9.17, 15) is 14.4 Å². The summed E-state index contributed by atoms with van der Waals surface area (Å²) in [7, 11) is 0. The maximum Gasteiger partial charge on any atom is 0.365 e. The Kier molecular flexibility index (Phi) is 4.60. The number of benzene rings is 1. The largest absolute Gasteiger partial charge is 0.462 e. The number of hydrogen-bond acceptors (Lipinski definition) is 5. The number of carbonyl (C=O) groups excluding carboxylic acids is 3. The van der Waals surface area contributed by atoms with E-state index in [0.29, 0.717) is 0 Å². The van der Waals surface area contributed by atoms with E-state index in [-0.39, 0.29) is 18.7 Å². The zero-order valence-electron chi connectivity index (χ0n) is 12.4. The second kappa shape index (κ2) is 6.43. The fourth-order valence-electron chi connectivity index (χ4n) is 2.20. The predicted octanol–water partition coefficient (Wildman–Crippen LogP) is 1.11. The molecule has 0 spiro atoms. The van der Waals surface area contributed by atoms with E-state index in [1.165, 1.54) is 6.92 Å². The van der Waals surface area contributed by atoms with Crippen LogP contribution < -0.4 is 5.32 Å². The molecule has 0 aliphatic carbocycles. The van der Waals surface area contributed by atoms with Gasteiger partial charge in [0.15, 0.2) is 0 Å². The molecule has 1 N–H and O–H groups in total. The van der Waals surface area contributed by atoms with Crippen LogP contribution in [0.15, 0.2) is 42.0 Å². The van der Waals surface area contributed by atoms with Gasteiger partial charge in [-0.15, -0.1) is 0 Å². The normalized spacial score (nSPS) is 20.1. The summed E-state index contributed by atoms with van der Waals surface area (Å²) in [5, 5.41) is 2.61. The lowest BCUT2D eigenvalue weighted by atomic mass is 9.94. The molecule has 0 bridgehead atoms. The molecule has 1 aromatic rings. The molecule has 0 fully saturated rings. The van der Waals surface area contributed by atoms with Crippen molar-refractivity contribution in [3.05, 3.63) is 47.5 Å². The van der Waals surface area contributed by atoms with Crippen molar-refractivity contribution in [3.8, 4) is 0 Å². The third-order valence-corrected chi connectivity index (χ3v) is 3.32. The maximum atomic E-state index is 12.5. The summed E-state index contributed by atoms with van der Waals surface area (Å²) in [5.74, 6) is -2.34. The van der Waals surface area contributed by atoms with Crippen molar-refractivity contribution in [3.63, 3.8) is 0 Å². The van der Waals surface area contributed by atoms with E-state index in [4.69, 9.17) is 9.47 Å². The molecule has 22 heavy (non-hydrogen) atoms. The molecule has 2 rings (SSSR count). The molecule has 1 amide bonds. The molecule has 1 heterocycles. The van der Waals surface area contributed by atoms with Gasteiger partial charge < -0.3 is 14.8 Å². The van der Waals surface area contributed by atoms with E-state index < -0.39 is 23.4 Å². The van der Waals surface area contributed by atoms with Crippen LogP contribution in [0.4, 0.5) is 0 Å². The summed E-state index contributed by atoms with van der Waals surface area (Å²) in [4.78, 5) is 36.1. The summed E-state index contributed by atoms with van der Waals surface area (Å²) < 4.78 is 9.91. The molecular weight excluding hydrogens is 286 g/mol. The van der Waals surface area contributed by atoms with Crippen molar-refractivity contribution in [1.82, 2.24) is 5.32 Å². The van der Waals surface area contributed by atoms with E-state index >= 15 is 0 Å². The van der Waals surface area contributed by atoms with Crippen LogP contribution in [-0.4, -0.2) is 30.1 Å². The molecule has 1 atom stereocenters. The lowest BCUT2D eigenvalue weighted by Gasteiger charge is -2.26.